The molecule has 1 saturated heterocycles. The predicted molar refractivity (Wildman–Crippen MR) is 100 cm³/mol. The lowest BCUT2D eigenvalue weighted by Gasteiger charge is -2.33. The summed E-state index contributed by atoms with van der Waals surface area (Å²) in [4.78, 5) is 27.1. The highest BCUT2D eigenvalue weighted by atomic mass is 32.2. The van der Waals surface area contributed by atoms with Gasteiger partial charge in [-0.25, -0.2) is 13.2 Å². The highest BCUT2D eigenvalue weighted by Gasteiger charge is 2.33. The molecular formula is C18H25N3O5S. The summed E-state index contributed by atoms with van der Waals surface area (Å²) in [5.41, 5.74) is 1.64. The van der Waals surface area contributed by atoms with Crippen LogP contribution in [0.1, 0.15) is 26.3 Å². The van der Waals surface area contributed by atoms with Crippen LogP contribution in [0.4, 0.5) is 10.5 Å². The van der Waals surface area contributed by atoms with Crippen LogP contribution < -0.4 is 4.90 Å². The van der Waals surface area contributed by atoms with Gasteiger partial charge in [0.2, 0.25) is 15.9 Å². The summed E-state index contributed by atoms with van der Waals surface area (Å²) in [6.07, 6.45) is 0.222. The second-order valence-electron chi connectivity index (χ2n) is 6.82. The molecule has 27 heavy (non-hydrogen) atoms. The first-order chi connectivity index (χ1) is 12.8. The normalized spacial score (nSPS) is 20.5. The van der Waals surface area contributed by atoms with Gasteiger partial charge < -0.3 is 14.5 Å². The van der Waals surface area contributed by atoms with Crippen molar-refractivity contribution in [1.29, 1.82) is 0 Å². The number of piperazine rings is 1. The minimum atomic E-state index is -3.65. The molecule has 8 nitrogen and oxygen atoms in total. The smallest absolute Gasteiger partial charge is 0.409 e. The fourth-order valence-electron chi connectivity index (χ4n) is 3.72. The summed E-state index contributed by atoms with van der Waals surface area (Å²) >= 11 is 0. The van der Waals surface area contributed by atoms with Crippen LogP contribution in [0.15, 0.2) is 23.1 Å². The van der Waals surface area contributed by atoms with Crippen molar-refractivity contribution in [3.63, 3.8) is 0 Å². The first-order valence-corrected chi connectivity index (χ1v) is 10.5. The van der Waals surface area contributed by atoms with Crippen molar-refractivity contribution in [3.8, 4) is 0 Å². The molecule has 1 aromatic rings. The standard InChI is InChI=1S/C18H25N3O5S/c1-4-26-18(23)19-7-9-20(10-8-19)27(24,25)16-5-6-17-15(12-16)11-13(2)21(17)14(3)22/h5-6,12-13H,4,7-11H2,1-3H3/t13-/m0/s1. The van der Waals surface area contributed by atoms with E-state index in [0.29, 0.717) is 26.1 Å². The Morgan fingerprint density at radius 1 is 1.19 bits per heavy atom. The largest absolute Gasteiger partial charge is 0.450 e. The molecule has 0 bridgehead atoms. The molecule has 2 amide bonds. The number of nitrogens with zero attached hydrogens (tertiary/aromatic N) is 3. The zero-order valence-corrected chi connectivity index (χ0v) is 16.7. The zero-order valence-electron chi connectivity index (χ0n) is 15.8. The summed E-state index contributed by atoms with van der Waals surface area (Å²) in [5, 5.41) is 0. The third-order valence-electron chi connectivity index (χ3n) is 5.01. The van der Waals surface area contributed by atoms with E-state index in [1.54, 1.807) is 30.0 Å². The molecule has 2 heterocycles. The number of anilines is 1. The van der Waals surface area contributed by atoms with Crippen LogP contribution in [0.2, 0.25) is 0 Å². The van der Waals surface area contributed by atoms with Crippen molar-refractivity contribution in [2.24, 2.45) is 0 Å². The van der Waals surface area contributed by atoms with E-state index >= 15 is 0 Å². The molecule has 0 N–H and O–H groups in total. The highest BCUT2D eigenvalue weighted by molar-refractivity contribution is 7.89. The summed E-state index contributed by atoms with van der Waals surface area (Å²) in [7, 11) is -3.65. The Hall–Kier alpha value is -2.13. The van der Waals surface area contributed by atoms with Crippen LogP contribution in [0.25, 0.3) is 0 Å². The minimum absolute atomic E-state index is 0.0172. The Kier molecular flexibility index (Phi) is 5.43. The Balaban J connectivity index is 1.76. The van der Waals surface area contributed by atoms with E-state index in [0.717, 1.165) is 11.3 Å². The average molecular weight is 395 g/mol. The average Bonchev–Trinajstić information content (AvgIpc) is 2.97. The summed E-state index contributed by atoms with van der Waals surface area (Å²) < 4.78 is 32.4. The molecule has 1 fully saturated rings. The van der Waals surface area contributed by atoms with E-state index in [1.807, 2.05) is 6.92 Å². The van der Waals surface area contributed by atoms with Crippen molar-refractivity contribution >= 4 is 27.7 Å². The molecule has 148 valence electrons. The van der Waals surface area contributed by atoms with Gasteiger partial charge in [-0.2, -0.15) is 4.31 Å². The number of carbonyl (C=O) groups excluding carboxylic acids is 2. The Morgan fingerprint density at radius 2 is 1.85 bits per heavy atom. The Labute approximate surface area is 159 Å². The van der Waals surface area contributed by atoms with E-state index in [1.165, 1.54) is 16.1 Å². The predicted octanol–water partition coefficient (Wildman–Crippen LogP) is 1.45. The Morgan fingerprint density at radius 3 is 2.44 bits per heavy atom. The van der Waals surface area contributed by atoms with E-state index in [-0.39, 0.29) is 29.9 Å². The number of sulfonamides is 1. The first kappa shape index (κ1) is 19.6. The monoisotopic (exact) mass is 395 g/mol. The lowest BCUT2D eigenvalue weighted by molar-refractivity contribution is -0.116. The molecule has 0 saturated carbocycles. The van der Waals surface area contributed by atoms with Crippen molar-refractivity contribution in [3.05, 3.63) is 23.8 Å². The van der Waals surface area contributed by atoms with Crippen LogP contribution in [0, 0.1) is 0 Å². The number of ether oxygens (including phenoxy) is 1. The maximum absolute atomic E-state index is 13.0. The molecule has 0 aliphatic carbocycles. The molecule has 9 heteroatoms. The number of carbonyl (C=O) groups is 2. The summed E-state index contributed by atoms with van der Waals surface area (Å²) in [5.74, 6) is -0.0491. The van der Waals surface area contributed by atoms with Gasteiger partial charge in [0.05, 0.1) is 11.5 Å². The molecule has 2 aliphatic rings. The number of benzene rings is 1. The Bertz CT molecular complexity index is 847. The molecular weight excluding hydrogens is 370 g/mol. The molecule has 1 atom stereocenters. The molecule has 0 spiro atoms. The fourth-order valence-corrected chi connectivity index (χ4v) is 5.20. The molecule has 0 unspecified atom stereocenters. The number of hydrogen-bond donors (Lipinski definition) is 0. The third kappa shape index (κ3) is 3.66. The van der Waals surface area contributed by atoms with Gasteiger partial charge in [-0.1, -0.05) is 0 Å². The van der Waals surface area contributed by atoms with Crippen LogP contribution in [0.3, 0.4) is 0 Å². The van der Waals surface area contributed by atoms with Crippen molar-refractivity contribution in [1.82, 2.24) is 9.21 Å². The van der Waals surface area contributed by atoms with Gasteiger partial charge in [0, 0.05) is 44.8 Å². The van der Waals surface area contributed by atoms with Gasteiger partial charge in [-0.05, 0) is 44.0 Å². The van der Waals surface area contributed by atoms with Gasteiger partial charge in [0.25, 0.3) is 0 Å². The van der Waals surface area contributed by atoms with Gasteiger partial charge in [-0.15, -0.1) is 0 Å². The van der Waals surface area contributed by atoms with Crippen molar-refractivity contribution in [2.45, 2.75) is 38.1 Å². The number of amides is 2. The SMILES string of the molecule is CCOC(=O)N1CCN(S(=O)(=O)c2ccc3c(c2)C[C@H](C)N3C(C)=O)CC1. The summed E-state index contributed by atoms with van der Waals surface area (Å²) in [6.45, 7) is 6.56. The van der Waals surface area contributed by atoms with Crippen LogP contribution >= 0.6 is 0 Å². The quantitative estimate of drug-likeness (QED) is 0.773. The van der Waals surface area contributed by atoms with Gasteiger partial charge in [0.15, 0.2) is 0 Å². The molecule has 0 aromatic heterocycles. The van der Waals surface area contributed by atoms with Crippen molar-refractivity contribution < 1.29 is 22.7 Å². The second kappa shape index (κ2) is 7.47. The van der Waals surface area contributed by atoms with E-state index in [2.05, 4.69) is 0 Å². The van der Waals surface area contributed by atoms with Gasteiger partial charge in [-0.3, -0.25) is 4.79 Å². The highest BCUT2D eigenvalue weighted by Crippen LogP contribution is 2.34. The molecule has 0 radical (unpaired) electrons. The first-order valence-electron chi connectivity index (χ1n) is 9.10. The summed E-state index contributed by atoms with van der Waals surface area (Å²) in [6, 6.07) is 4.95. The molecule has 1 aromatic carbocycles. The fraction of sp³-hybridized carbons (Fsp3) is 0.556. The number of rotatable bonds is 3. The second-order valence-corrected chi connectivity index (χ2v) is 8.76. The van der Waals surface area contributed by atoms with E-state index in [9.17, 15) is 18.0 Å². The van der Waals surface area contributed by atoms with Crippen LogP contribution in [-0.2, 0) is 26.0 Å². The zero-order chi connectivity index (χ0) is 19.8. The number of hydrogen-bond acceptors (Lipinski definition) is 5. The van der Waals surface area contributed by atoms with E-state index < -0.39 is 16.1 Å². The van der Waals surface area contributed by atoms with Crippen molar-refractivity contribution in [2.75, 3.05) is 37.7 Å². The minimum Gasteiger partial charge on any atom is -0.450 e. The van der Waals surface area contributed by atoms with Gasteiger partial charge >= 0.3 is 6.09 Å². The lowest BCUT2D eigenvalue weighted by Crippen LogP contribution is -2.50. The topological polar surface area (TPSA) is 87.2 Å². The lowest BCUT2D eigenvalue weighted by atomic mass is 10.1. The van der Waals surface area contributed by atoms with Crippen LogP contribution in [-0.4, -0.2) is 68.5 Å². The van der Waals surface area contributed by atoms with Gasteiger partial charge in [0.1, 0.15) is 0 Å². The maximum atomic E-state index is 13.0. The maximum Gasteiger partial charge on any atom is 0.409 e. The number of fused-ring (bicyclic) bond motifs is 1. The van der Waals surface area contributed by atoms with E-state index in [4.69, 9.17) is 4.74 Å². The third-order valence-corrected chi connectivity index (χ3v) is 6.90. The molecule has 2 aliphatic heterocycles. The van der Waals surface area contributed by atoms with Crippen LogP contribution in [0.5, 0.6) is 0 Å². The molecule has 3 rings (SSSR count).